The highest BCUT2D eigenvalue weighted by atomic mass is 32.1. The monoisotopic (exact) mass is 237 g/mol. The van der Waals surface area contributed by atoms with E-state index >= 15 is 0 Å². The molecule has 1 aromatic heterocycles. The molecule has 0 aromatic carbocycles. The lowest BCUT2D eigenvalue weighted by atomic mass is 10.1. The Hall–Kier alpha value is -1.16. The fourth-order valence-corrected chi connectivity index (χ4v) is 1.41. The van der Waals surface area contributed by atoms with E-state index in [1.165, 1.54) is 0 Å². The predicted octanol–water partition coefficient (Wildman–Crippen LogP) is 2.48. The van der Waals surface area contributed by atoms with Gasteiger partial charge >= 0.3 is 0 Å². The van der Waals surface area contributed by atoms with Crippen LogP contribution < -0.4 is 11.1 Å². The summed E-state index contributed by atoms with van der Waals surface area (Å²) in [5.74, 6) is 1.32. The number of nitrogens with zero attached hydrogens (tertiary/aromatic N) is 1. The predicted molar refractivity (Wildman–Crippen MR) is 72.8 cm³/mol. The second-order valence-corrected chi connectivity index (χ2v) is 4.83. The number of nitrogens with one attached hydrogen (secondary N) is 1. The maximum atomic E-state index is 5.67. The van der Waals surface area contributed by atoms with Crippen LogP contribution in [0.1, 0.15) is 32.0 Å². The first-order valence-corrected chi connectivity index (χ1v) is 5.86. The van der Waals surface area contributed by atoms with Crippen LogP contribution >= 0.6 is 12.2 Å². The third kappa shape index (κ3) is 3.17. The Morgan fingerprint density at radius 1 is 1.38 bits per heavy atom. The van der Waals surface area contributed by atoms with Crippen molar-refractivity contribution >= 4 is 23.0 Å². The third-order valence-corrected chi connectivity index (χ3v) is 2.88. The molecule has 88 valence electrons. The second kappa shape index (κ2) is 5.25. The molecular formula is C12H19N3S. The van der Waals surface area contributed by atoms with E-state index in [2.05, 4.69) is 31.1 Å². The molecule has 1 heterocycles. The van der Waals surface area contributed by atoms with E-state index in [-0.39, 0.29) is 0 Å². The molecule has 3 nitrogen and oxygen atoms in total. The molecule has 0 spiro atoms. The molecule has 0 fully saturated rings. The topological polar surface area (TPSA) is 50.9 Å². The van der Waals surface area contributed by atoms with E-state index in [0.29, 0.717) is 16.9 Å². The van der Waals surface area contributed by atoms with Crippen molar-refractivity contribution in [2.24, 2.45) is 11.7 Å². The first-order valence-electron chi connectivity index (χ1n) is 5.45. The summed E-state index contributed by atoms with van der Waals surface area (Å²) in [6.07, 6.45) is 0. The number of hydrogen-bond acceptors (Lipinski definition) is 3. The van der Waals surface area contributed by atoms with Crippen molar-refractivity contribution in [2.45, 2.75) is 33.7 Å². The Balaban J connectivity index is 3.01. The van der Waals surface area contributed by atoms with E-state index in [0.717, 1.165) is 17.1 Å². The van der Waals surface area contributed by atoms with E-state index in [1.807, 2.05) is 19.1 Å². The zero-order chi connectivity index (χ0) is 12.3. The molecule has 0 radical (unpaired) electrons. The highest BCUT2D eigenvalue weighted by Gasteiger charge is 2.12. The number of pyridine rings is 1. The summed E-state index contributed by atoms with van der Waals surface area (Å²) in [5.41, 5.74) is 7.44. The summed E-state index contributed by atoms with van der Waals surface area (Å²) < 4.78 is 0. The number of anilines is 1. The van der Waals surface area contributed by atoms with Crippen LogP contribution in [-0.4, -0.2) is 16.0 Å². The smallest absolute Gasteiger partial charge is 0.136 e. The SMILES string of the molecule is Cc1ccc(C(N)=S)c(NC(C)C(C)C)n1. The zero-order valence-corrected chi connectivity index (χ0v) is 11.1. The van der Waals surface area contributed by atoms with Crippen molar-refractivity contribution in [3.63, 3.8) is 0 Å². The van der Waals surface area contributed by atoms with Crippen molar-refractivity contribution in [3.8, 4) is 0 Å². The lowest BCUT2D eigenvalue weighted by Gasteiger charge is -2.20. The molecule has 0 aliphatic rings. The van der Waals surface area contributed by atoms with Gasteiger partial charge in [0.15, 0.2) is 0 Å². The molecule has 0 amide bonds. The number of rotatable bonds is 4. The molecule has 0 aliphatic carbocycles. The summed E-state index contributed by atoms with van der Waals surface area (Å²) in [7, 11) is 0. The van der Waals surface area contributed by atoms with Crippen LogP contribution in [0.15, 0.2) is 12.1 Å². The van der Waals surface area contributed by atoms with Gasteiger partial charge in [-0.15, -0.1) is 0 Å². The van der Waals surface area contributed by atoms with Gasteiger partial charge in [-0.05, 0) is 31.9 Å². The molecule has 3 N–H and O–H groups in total. The minimum atomic E-state index is 0.336. The average molecular weight is 237 g/mol. The minimum absolute atomic E-state index is 0.336. The van der Waals surface area contributed by atoms with Crippen LogP contribution in [-0.2, 0) is 0 Å². The molecular weight excluding hydrogens is 218 g/mol. The molecule has 0 aliphatic heterocycles. The van der Waals surface area contributed by atoms with E-state index in [4.69, 9.17) is 18.0 Å². The van der Waals surface area contributed by atoms with Gasteiger partial charge in [0.25, 0.3) is 0 Å². The second-order valence-electron chi connectivity index (χ2n) is 4.39. The van der Waals surface area contributed by atoms with Crippen LogP contribution in [0.3, 0.4) is 0 Å². The number of aryl methyl sites for hydroxylation is 1. The Labute approximate surface area is 102 Å². The summed E-state index contributed by atoms with van der Waals surface area (Å²) in [6, 6.07) is 4.17. The fourth-order valence-electron chi connectivity index (χ4n) is 1.25. The number of nitrogens with two attached hydrogens (primary N) is 1. The first kappa shape index (κ1) is 12.9. The molecule has 0 saturated heterocycles. The molecule has 4 heteroatoms. The normalized spacial score (nSPS) is 12.6. The Morgan fingerprint density at radius 2 is 2.00 bits per heavy atom. The van der Waals surface area contributed by atoms with Crippen molar-refractivity contribution in [2.75, 3.05) is 5.32 Å². The average Bonchev–Trinajstić information content (AvgIpc) is 2.16. The van der Waals surface area contributed by atoms with Gasteiger partial charge < -0.3 is 11.1 Å². The highest BCUT2D eigenvalue weighted by molar-refractivity contribution is 7.80. The Kier molecular flexibility index (Phi) is 4.24. The minimum Gasteiger partial charge on any atom is -0.389 e. The fraction of sp³-hybridized carbons (Fsp3) is 0.500. The molecule has 1 rings (SSSR count). The number of thiocarbonyl (C=S) groups is 1. The van der Waals surface area contributed by atoms with E-state index in [1.54, 1.807) is 0 Å². The maximum Gasteiger partial charge on any atom is 0.136 e. The zero-order valence-electron chi connectivity index (χ0n) is 10.2. The van der Waals surface area contributed by atoms with Gasteiger partial charge in [-0.25, -0.2) is 4.98 Å². The number of hydrogen-bond donors (Lipinski definition) is 2. The van der Waals surface area contributed by atoms with Crippen LogP contribution in [0.5, 0.6) is 0 Å². The lowest BCUT2D eigenvalue weighted by Crippen LogP contribution is -2.24. The van der Waals surface area contributed by atoms with Gasteiger partial charge in [0, 0.05) is 11.7 Å². The first-order chi connectivity index (χ1) is 7.41. The van der Waals surface area contributed by atoms with Crippen LogP contribution in [0.25, 0.3) is 0 Å². The Bertz CT molecular complexity index is 388. The molecule has 16 heavy (non-hydrogen) atoms. The quantitative estimate of drug-likeness (QED) is 0.790. The van der Waals surface area contributed by atoms with Crippen molar-refractivity contribution in [3.05, 3.63) is 23.4 Å². The Morgan fingerprint density at radius 3 is 2.50 bits per heavy atom. The molecule has 1 unspecified atom stereocenters. The van der Waals surface area contributed by atoms with Crippen molar-refractivity contribution < 1.29 is 0 Å². The largest absolute Gasteiger partial charge is 0.389 e. The molecule has 1 aromatic rings. The van der Waals surface area contributed by atoms with Gasteiger partial charge in [0.1, 0.15) is 10.8 Å². The standard InChI is InChI=1S/C12H19N3S/c1-7(2)9(4)15-12-10(11(13)16)6-5-8(3)14-12/h5-7,9H,1-4H3,(H2,13,16)(H,14,15). The lowest BCUT2D eigenvalue weighted by molar-refractivity contribution is 0.558. The molecule has 0 bridgehead atoms. The van der Waals surface area contributed by atoms with Gasteiger partial charge in [-0.1, -0.05) is 26.1 Å². The van der Waals surface area contributed by atoms with Gasteiger partial charge in [-0.2, -0.15) is 0 Å². The summed E-state index contributed by atoms with van der Waals surface area (Å²) in [4.78, 5) is 4.82. The van der Waals surface area contributed by atoms with Crippen molar-refractivity contribution in [1.29, 1.82) is 0 Å². The van der Waals surface area contributed by atoms with Crippen molar-refractivity contribution in [1.82, 2.24) is 4.98 Å². The number of aromatic nitrogens is 1. The molecule has 1 atom stereocenters. The van der Waals surface area contributed by atoms with E-state index < -0.39 is 0 Å². The van der Waals surface area contributed by atoms with Gasteiger partial charge in [0.05, 0.1) is 5.56 Å². The van der Waals surface area contributed by atoms with E-state index in [9.17, 15) is 0 Å². The third-order valence-electron chi connectivity index (χ3n) is 2.66. The summed E-state index contributed by atoms with van der Waals surface area (Å²) in [5, 5.41) is 3.35. The maximum absolute atomic E-state index is 5.67. The molecule has 0 saturated carbocycles. The van der Waals surface area contributed by atoms with Gasteiger partial charge in [0.2, 0.25) is 0 Å². The van der Waals surface area contributed by atoms with Crippen LogP contribution in [0.2, 0.25) is 0 Å². The summed E-state index contributed by atoms with van der Waals surface area (Å²) in [6.45, 7) is 8.40. The summed E-state index contributed by atoms with van der Waals surface area (Å²) >= 11 is 5.01. The van der Waals surface area contributed by atoms with Crippen LogP contribution in [0, 0.1) is 12.8 Å². The van der Waals surface area contributed by atoms with Gasteiger partial charge in [-0.3, -0.25) is 0 Å². The highest BCUT2D eigenvalue weighted by Crippen LogP contribution is 2.16. The van der Waals surface area contributed by atoms with Crippen LogP contribution in [0.4, 0.5) is 5.82 Å².